The number of phenols is 1. The molecule has 1 fully saturated rings. The molecule has 1 aromatic carbocycles. The van der Waals surface area contributed by atoms with Gasteiger partial charge in [-0.05, 0) is 18.9 Å². The van der Waals surface area contributed by atoms with Crippen LogP contribution in [0.3, 0.4) is 0 Å². The number of sulfone groups is 1. The molecule has 0 amide bonds. The second-order valence-corrected chi connectivity index (χ2v) is 7.27. The smallest absolute Gasteiger partial charge is 0.150 e. The zero-order chi connectivity index (χ0) is 13.2. The summed E-state index contributed by atoms with van der Waals surface area (Å²) >= 11 is 5.82. The number of hydrogen-bond donors (Lipinski definition) is 2. The molecule has 1 aromatic rings. The van der Waals surface area contributed by atoms with Gasteiger partial charge in [-0.25, -0.2) is 8.42 Å². The van der Waals surface area contributed by atoms with E-state index >= 15 is 0 Å². The molecule has 2 N–H and O–H groups in total. The third kappa shape index (κ3) is 3.37. The second-order valence-electron chi connectivity index (χ2n) is 4.55. The van der Waals surface area contributed by atoms with Crippen molar-refractivity contribution in [2.24, 2.45) is 0 Å². The topological polar surface area (TPSA) is 66.4 Å². The zero-order valence-corrected chi connectivity index (χ0v) is 11.5. The van der Waals surface area contributed by atoms with Gasteiger partial charge in [0, 0.05) is 18.2 Å². The van der Waals surface area contributed by atoms with Crippen LogP contribution < -0.4 is 5.32 Å². The van der Waals surface area contributed by atoms with Crippen LogP contribution in [0.4, 0.5) is 0 Å². The highest BCUT2D eigenvalue weighted by Crippen LogP contribution is 2.27. The summed E-state index contributed by atoms with van der Waals surface area (Å²) in [5.74, 6) is 0.577. The van der Waals surface area contributed by atoms with Crippen molar-refractivity contribution in [2.75, 3.05) is 11.5 Å². The molecule has 2 rings (SSSR count). The summed E-state index contributed by atoms with van der Waals surface area (Å²) in [5, 5.41) is 13.3. The van der Waals surface area contributed by atoms with E-state index in [0.717, 1.165) is 5.56 Å². The summed E-state index contributed by atoms with van der Waals surface area (Å²) in [6.07, 6.45) is 1.26. The first-order chi connectivity index (χ1) is 8.48. The normalized spacial score (nSPS) is 19.8. The highest BCUT2D eigenvalue weighted by molar-refractivity contribution is 7.91. The molecule has 0 unspecified atom stereocenters. The number of rotatable bonds is 3. The van der Waals surface area contributed by atoms with Crippen molar-refractivity contribution in [1.82, 2.24) is 5.32 Å². The van der Waals surface area contributed by atoms with Crippen LogP contribution in [0.15, 0.2) is 18.2 Å². The molecular weight excluding hydrogens is 274 g/mol. The molecule has 0 atom stereocenters. The quantitative estimate of drug-likeness (QED) is 0.889. The standard InChI is InChI=1S/C12H16ClNO3S/c13-11-3-1-2-9(12(11)15)8-14-10-4-6-18(16,17)7-5-10/h1-3,10,14-15H,4-8H2. The Morgan fingerprint density at radius 3 is 2.67 bits per heavy atom. The van der Waals surface area contributed by atoms with Gasteiger partial charge in [-0.15, -0.1) is 0 Å². The van der Waals surface area contributed by atoms with Crippen LogP contribution >= 0.6 is 11.6 Å². The third-order valence-electron chi connectivity index (χ3n) is 3.21. The first-order valence-corrected chi connectivity index (χ1v) is 8.08. The molecule has 6 heteroatoms. The Morgan fingerprint density at radius 2 is 2.00 bits per heavy atom. The predicted molar refractivity (Wildman–Crippen MR) is 71.6 cm³/mol. The Balaban J connectivity index is 1.91. The highest BCUT2D eigenvalue weighted by Gasteiger charge is 2.23. The monoisotopic (exact) mass is 289 g/mol. The first-order valence-electron chi connectivity index (χ1n) is 5.88. The fourth-order valence-corrected chi connectivity index (χ4v) is 3.74. The average molecular weight is 290 g/mol. The Labute approximate surface area is 112 Å². The molecule has 0 radical (unpaired) electrons. The average Bonchev–Trinajstić information content (AvgIpc) is 2.33. The van der Waals surface area contributed by atoms with Gasteiger partial charge in [0.05, 0.1) is 16.5 Å². The summed E-state index contributed by atoms with van der Waals surface area (Å²) in [4.78, 5) is 0. The minimum absolute atomic E-state index is 0.0927. The molecule has 0 aliphatic carbocycles. The molecule has 1 aliphatic heterocycles. The number of nitrogens with one attached hydrogen (secondary N) is 1. The van der Waals surface area contributed by atoms with E-state index in [9.17, 15) is 13.5 Å². The van der Waals surface area contributed by atoms with Gasteiger partial charge >= 0.3 is 0 Å². The van der Waals surface area contributed by atoms with Crippen molar-refractivity contribution >= 4 is 21.4 Å². The number of para-hydroxylation sites is 1. The van der Waals surface area contributed by atoms with Crippen LogP contribution in [0.1, 0.15) is 18.4 Å². The molecule has 0 aromatic heterocycles. The fraction of sp³-hybridized carbons (Fsp3) is 0.500. The molecule has 0 bridgehead atoms. The van der Waals surface area contributed by atoms with Gasteiger partial charge in [0.25, 0.3) is 0 Å². The number of halogens is 1. The predicted octanol–water partition coefficient (Wildman–Crippen LogP) is 1.71. The molecule has 0 saturated carbocycles. The summed E-state index contributed by atoms with van der Waals surface area (Å²) < 4.78 is 22.6. The summed E-state index contributed by atoms with van der Waals surface area (Å²) in [6.45, 7) is 0.497. The Morgan fingerprint density at radius 1 is 1.33 bits per heavy atom. The van der Waals surface area contributed by atoms with Gasteiger partial charge in [-0.3, -0.25) is 0 Å². The fourth-order valence-electron chi connectivity index (χ4n) is 2.05. The van der Waals surface area contributed by atoms with Crippen molar-refractivity contribution in [2.45, 2.75) is 25.4 Å². The second kappa shape index (κ2) is 5.47. The van der Waals surface area contributed by atoms with Crippen LogP contribution in [-0.4, -0.2) is 31.1 Å². The maximum absolute atomic E-state index is 11.3. The van der Waals surface area contributed by atoms with Gasteiger partial charge in [-0.2, -0.15) is 0 Å². The lowest BCUT2D eigenvalue weighted by molar-refractivity contribution is 0.440. The van der Waals surface area contributed by atoms with Crippen molar-refractivity contribution in [3.05, 3.63) is 28.8 Å². The summed E-state index contributed by atoms with van der Waals surface area (Å²) in [7, 11) is -2.82. The number of aromatic hydroxyl groups is 1. The maximum Gasteiger partial charge on any atom is 0.150 e. The Bertz CT molecular complexity index is 516. The highest BCUT2D eigenvalue weighted by atomic mass is 35.5. The van der Waals surface area contributed by atoms with Crippen LogP contribution in [-0.2, 0) is 16.4 Å². The van der Waals surface area contributed by atoms with E-state index in [1.165, 1.54) is 0 Å². The SMILES string of the molecule is O=S1(=O)CCC(NCc2cccc(Cl)c2O)CC1. The molecular formula is C12H16ClNO3S. The molecule has 1 heterocycles. The Hall–Kier alpha value is -0.780. The minimum atomic E-state index is -2.82. The number of benzene rings is 1. The number of phenolic OH excluding ortho intramolecular Hbond substituents is 1. The van der Waals surface area contributed by atoms with Crippen LogP contribution in [0.25, 0.3) is 0 Å². The summed E-state index contributed by atoms with van der Waals surface area (Å²) in [5.41, 5.74) is 0.732. The van der Waals surface area contributed by atoms with E-state index in [0.29, 0.717) is 24.4 Å². The lowest BCUT2D eigenvalue weighted by atomic mass is 10.1. The van der Waals surface area contributed by atoms with E-state index in [4.69, 9.17) is 11.6 Å². The lowest BCUT2D eigenvalue weighted by Gasteiger charge is -2.23. The van der Waals surface area contributed by atoms with Crippen LogP contribution in [0.5, 0.6) is 5.75 Å². The van der Waals surface area contributed by atoms with Gasteiger partial charge < -0.3 is 10.4 Å². The molecule has 4 nitrogen and oxygen atoms in total. The van der Waals surface area contributed by atoms with Gasteiger partial charge in [0.1, 0.15) is 15.6 Å². The Kier molecular flexibility index (Phi) is 4.14. The van der Waals surface area contributed by atoms with E-state index in [1.54, 1.807) is 18.2 Å². The third-order valence-corrected chi connectivity index (χ3v) is 5.23. The van der Waals surface area contributed by atoms with E-state index in [2.05, 4.69) is 5.32 Å². The van der Waals surface area contributed by atoms with E-state index in [-0.39, 0.29) is 23.3 Å². The van der Waals surface area contributed by atoms with E-state index < -0.39 is 9.84 Å². The summed E-state index contributed by atoms with van der Waals surface area (Å²) in [6, 6.07) is 5.40. The van der Waals surface area contributed by atoms with Crippen molar-refractivity contribution in [3.8, 4) is 5.75 Å². The van der Waals surface area contributed by atoms with Gasteiger partial charge in [-0.1, -0.05) is 23.7 Å². The minimum Gasteiger partial charge on any atom is -0.506 e. The molecule has 1 saturated heterocycles. The molecule has 18 heavy (non-hydrogen) atoms. The lowest BCUT2D eigenvalue weighted by Crippen LogP contribution is -2.37. The largest absolute Gasteiger partial charge is 0.506 e. The van der Waals surface area contributed by atoms with Crippen molar-refractivity contribution in [1.29, 1.82) is 0 Å². The molecule has 1 aliphatic rings. The van der Waals surface area contributed by atoms with Crippen molar-refractivity contribution < 1.29 is 13.5 Å². The zero-order valence-electron chi connectivity index (χ0n) is 9.89. The van der Waals surface area contributed by atoms with Crippen LogP contribution in [0, 0.1) is 0 Å². The number of hydrogen-bond acceptors (Lipinski definition) is 4. The van der Waals surface area contributed by atoms with Gasteiger partial charge in [0.15, 0.2) is 0 Å². The van der Waals surface area contributed by atoms with Crippen LogP contribution in [0.2, 0.25) is 5.02 Å². The van der Waals surface area contributed by atoms with Crippen molar-refractivity contribution in [3.63, 3.8) is 0 Å². The molecule has 100 valence electrons. The maximum atomic E-state index is 11.3. The first kappa shape index (κ1) is 13.6. The van der Waals surface area contributed by atoms with Gasteiger partial charge in [0.2, 0.25) is 0 Å². The van der Waals surface area contributed by atoms with E-state index in [1.807, 2.05) is 0 Å². The molecule has 0 spiro atoms.